The van der Waals surface area contributed by atoms with Gasteiger partial charge in [-0.3, -0.25) is 0 Å². The summed E-state index contributed by atoms with van der Waals surface area (Å²) in [6.45, 7) is 1.52. The van der Waals surface area contributed by atoms with Gasteiger partial charge in [-0.25, -0.2) is 8.42 Å². The zero-order valence-electron chi connectivity index (χ0n) is 6.71. The molecule has 0 aliphatic carbocycles. The van der Waals surface area contributed by atoms with Crippen molar-refractivity contribution >= 4 is 9.84 Å². The van der Waals surface area contributed by atoms with Crippen molar-refractivity contribution in [1.29, 1.82) is 0 Å². The van der Waals surface area contributed by atoms with Crippen LogP contribution in [0.25, 0.3) is 0 Å². The van der Waals surface area contributed by atoms with Crippen LogP contribution in [0.3, 0.4) is 0 Å². The van der Waals surface area contributed by atoms with Crippen LogP contribution in [0.15, 0.2) is 0 Å². The molecule has 1 spiro atoms. The fourth-order valence-corrected chi connectivity index (χ4v) is 4.50. The first kappa shape index (κ1) is 7.55. The average molecular weight is 175 g/mol. The SMILES string of the molecule is CN1CC2(CCCS2(=O)=O)C1. The second-order valence-electron chi connectivity index (χ2n) is 3.78. The molecular weight excluding hydrogens is 162 g/mol. The highest BCUT2D eigenvalue weighted by molar-refractivity contribution is 7.93. The normalized spacial score (nSPS) is 33.9. The number of hydrogen-bond acceptors (Lipinski definition) is 3. The molecule has 0 N–H and O–H groups in total. The van der Waals surface area contributed by atoms with Gasteiger partial charge in [0.05, 0.1) is 10.5 Å². The Kier molecular flexibility index (Phi) is 1.36. The highest BCUT2D eigenvalue weighted by Crippen LogP contribution is 2.39. The number of sulfone groups is 1. The van der Waals surface area contributed by atoms with E-state index in [2.05, 4.69) is 4.90 Å². The summed E-state index contributed by atoms with van der Waals surface area (Å²) < 4.78 is 22.7. The lowest BCUT2D eigenvalue weighted by molar-refractivity contribution is 0.154. The summed E-state index contributed by atoms with van der Waals surface area (Å²) in [5.41, 5.74) is 0. The van der Waals surface area contributed by atoms with Crippen LogP contribution in [0.2, 0.25) is 0 Å². The summed E-state index contributed by atoms with van der Waals surface area (Å²) in [5.74, 6) is 0.418. The van der Waals surface area contributed by atoms with E-state index in [1.165, 1.54) is 0 Å². The maximum atomic E-state index is 11.5. The van der Waals surface area contributed by atoms with Crippen molar-refractivity contribution in [1.82, 2.24) is 4.90 Å². The Hall–Kier alpha value is -0.0900. The van der Waals surface area contributed by atoms with Gasteiger partial charge < -0.3 is 4.90 Å². The van der Waals surface area contributed by atoms with Gasteiger partial charge in [-0.1, -0.05) is 0 Å². The summed E-state index contributed by atoms with van der Waals surface area (Å²) >= 11 is 0. The summed E-state index contributed by atoms with van der Waals surface area (Å²) in [7, 11) is -0.753. The molecule has 0 aromatic rings. The van der Waals surface area contributed by atoms with Crippen molar-refractivity contribution < 1.29 is 8.42 Å². The Labute approximate surface area is 67.3 Å². The second kappa shape index (κ2) is 1.98. The van der Waals surface area contributed by atoms with E-state index in [9.17, 15) is 8.42 Å². The lowest BCUT2D eigenvalue weighted by Gasteiger charge is -2.44. The largest absolute Gasteiger partial charge is 0.303 e. The van der Waals surface area contributed by atoms with Gasteiger partial charge in [0.1, 0.15) is 0 Å². The average Bonchev–Trinajstić information content (AvgIpc) is 2.07. The molecule has 64 valence electrons. The van der Waals surface area contributed by atoms with E-state index in [0.29, 0.717) is 5.75 Å². The van der Waals surface area contributed by atoms with Crippen LogP contribution in [-0.4, -0.2) is 44.0 Å². The Morgan fingerprint density at radius 3 is 2.36 bits per heavy atom. The standard InChI is InChI=1S/C7H13NO2S/c1-8-5-7(6-8)3-2-4-11(7,9)10/h2-6H2,1H3. The number of rotatable bonds is 0. The molecule has 3 nitrogen and oxygen atoms in total. The van der Waals surface area contributed by atoms with E-state index in [-0.39, 0.29) is 4.75 Å². The highest BCUT2D eigenvalue weighted by Gasteiger charge is 2.54. The van der Waals surface area contributed by atoms with Crippen LogP contribution in [-0.2, 0) is 9.84 Å². The van der Waals surface area contributed by atoms with Gasteiger partial charge >= 0.3 is 0 Å². The van der Waals surface area contributed by atoms with E-state index in [1.807, 2.05) is 7.05 Å². The summed E-state index contributed by atoms with van der Waals surface area (Å²) in [6.07, 6.45) is 1.76. The smallest absolute Gasteiger partial charge is 0.158 e. The third-order valence-electron chi connectivity index (χ3n) is 2.82. The van der Waals surface area contributed by atoms with Crippen LogP contribution in [0, 0.1) is 0 Å². The molecule has 0 bridgehead atoms. The van der Waals surface area contributed by atoms with Gasteiger partial charge in [-0.2, -0.15) is 0 Å². The van der Waals surface area contributed by atoms with Gasteiger partial charge in [-0.05, 0) is 19.9 Å². The van der Waals surface area contributed by atoms with Crippen molar-refractivity contribution in [2.75, 3.05) is 25.9 Å². The van der Waals surface area contributed by atoms with Crippen molar-refractivity contribution in [2.45, 2.75) is 17.6 Å². The molecular formula is C7H13NO2S. The molecule has 0 amide bonds. The predicted molar refractivity (Wildman–Crippen MR) is 43.2 cm³/mol. The summed E-state index contributed by atoms with van der Waals surface area (Å²) in [5, 5.41) is 0. The minimum absolute atomic E-state index is 0.318. The summed E-state index contributed by atoms with van der Waals surface area (Å²) in [4.78, 5) is 2.07. The zero-order chi connectivity index (χ0) is 8.11. The minimum Gasteiger partial charge on any atom is -0.303 e. The molecule has 2 aliphatic heterocycles. The predicted octanol–water partition coefficient (Wildman–Crippen LogP) is -0.121. The third-order valence-corrected chi connectivity index (χ3v) is 5.43. The van der Waals surface area contributed by atoms with Crippen LogP contribution in [0.4, 0.5) is 0 Å². The molecule has 0 aromatic carbocycles. The molecule has 4 heteroatoms. The maximum absolute atomic E-state index is 11.5. The van der Waals surface area contributed by atoms with E-state index in [1.54, 1.807) is 0 Å². The van der Waals surface area contributed by atoms with Crippen molar-refractivity contribution in [3.8, 4) is 0 Å². The fraction of sp³-hybridized carbons (Fsp3) is 1.00. The van der Waals surface area contributed by atoms with E-state index >= 15 is 0 Å². The molecule has 0 saturated carbocycles. The van der Waals surface area contributed by atoms with Gasteiger partial charge in [0.25, 0.3) is 0 Å². The van der Waals surface area contributed by atoms with Gasteiger partial charge in [0.15, 0.2) is 9.84 Å². The Bertz CT molecular complexity index is 264. The lowest BCUT2D eigenvalue weighted by atomic mass is 9.95. The lowest BCUT2D eigenvalue weighted by Crippen LogP contribution is -2.62. The number of likely N-dealkylation sites (tertiary alicyclic amines) is 1. The molecule has 0 radical (unpaired) electrons. The maximum Gasteiger partial charge on any atom is 0.158 e. The highest BCUT2D eigenvalue weighted by atomic mass is 32.2. The quantitative estimate of drug-likeness (QED) is 0.515. The number of nitrogens with zero attached hydrogens (tertiary/aromatic N) is 1. The first-order chi connectivity index (χ1) is 5.06. The van der Waals surface area contributed by atoms with Gasteiger partial charge in [0.2, 0.25) is 0 Å². The van der Waals surface area contributed by atoms with Gasteiger partial charge in [-0.15, -0.1) is 0 Å². The molecule has 2 rings (SSSR count). The topological polar surface area (TPSA) is 37.4 Å². The molecule has 0 unspecified atom stereocenters. The Morgan fingerprint density at radius 2 is 2.00 bits per heavy atom. The fourth-order valence-electron chi connectivity index (χ4n) is 2.25. The van der Waals surface area contributed by atoms with E-state index < -0.39 is 9.84 Å². The molecule has 0 atom stereocenters. The van der Waals surface area contributed by atoms with Crippen molar-refractivity contribution in [3.63, 3.8) is 0 Å². The van der Waals surface area contributed by atoms with E-state index in [0.717, 1.165) is 25.9 Å². The van der Waals surface area contributed by atoms with Crippen LogP contribution >= 0.6 is 0 Å². The first-order valence-electron chi connectivity index (χ1n) is 3.97. The Balaban J connectivity index is 2.28. The van der Waals surface area contributed by atoms with Crippen LogP contribution in [0.5, 0.6) is 0 Å². The third kappa shape index (κ3) is 0.856. The molecule has 2 saturated heterocycles. The van der Waals surface area contributed by atoms with E-state index in [4.69, 9.17) is 0 Å². The van der Waals surface area contributed by atoms with Crippen LogP contribution < -0.4 is 0 Å². The monoisotopic (exact) mass is 175 g/mol. The molecule has 2 aliphatic rings. The zero-order valence-corrected chi connectivity index (χ0v) is 7.52. The number of hydrogen-bond donors (Lipinski definition) is 0. The second-order valence-corrected chi connectivity index (χ2v) is 6.28. The van der Waals surface area contributed by atoms with Gasteiger partial charge in [0, 0.05) is 13.1 Å². The molecule has 2 fully saturated rings. The van der Waals surface area contributed by atoms with Crippen molar-refractivity contribution in [2.24, 2.45) is 0 Å². The molecule has 2 heterocycles. The minimum atomic E-state index is -2.72. The van der Waals surface area contributed by atoms with Crippen molar-refractivity contribution in [3.05, 3.63) is 0 Å². The molecule has 11 heavy (non-hydrogen) atoms. The Morgan fingerprint density at radius 1 is 1.36 bits per heavy atom. The summed E-state index contributed by atoms with van der Waals surface area (Å²) in [6, 6.07) is 0. The molecule has 0 aromatic heterocycles. The van der Waals surface area contributed by atoms with Crippen LogP contribution in [0.1, 0.15) is 12.8 Å². The first-order valence-corrected chi connectivity index (χ1v) is 5.62.